The van der Waals surface area contributed by atoms with Crippen LogP contribution in [-0.2, 0) is 11.0 Å². The summed E-state index contributed by atoms with van der Waals surface area (Å²) in [6, 6.07) is 24.2. The molecule has 37 heavy (non-hydrogen) atoms. The maximum absolute atomic E-state index is 12.7. The first-order valence-electron chi connectivity index (χ1n) is 10.5. The summed E-state index contributed by atoms with van der Waals surface area (Å²) in [5, 5.41) is 5.36. The van der Waals surface area contributed by atoms with Crippen molar-refractivity contribution in [1.82, 2.24) is 14.6 Å². The van der Waals surface area contributed by atoms with Gasteiger partial charge in [-0.3, -0.25) is 4.79 Å². The number of nitrogens with zero attached hydrogens (tertiary/aromatic N) is 2. The first-order chi connectivity index (χ1) is 16.8. The third-order valence-electron chi connectivity index (χ3n) is 5.42. The number of phosphoric acid groups is 1. The third kappa shape index (κ3) is 6.85. The SMILES string of the molecule is O=c1cc(-c2ccccc2OP(=O)([O-])[O-])n2nc(Cc3ccccc3)c(-c3ccc(Cl)cc3)c2[nH]1.[Na+].[Na+]. The van der Waals surface area contributed by atoms with Gasteiger partial charge in [0.05, 0.1) is 11.4 Å². The van der Waals surface area contributed by atoms with Crippen LogP contribution in [0.3, 0.4) is 0 Å². The fourth-order valence-electron chi connectivity index (χ4n) is 3.99. The van der Waals surface area contributed by atoms with E-state index >= 15 is 0 Å². The molecule has 5 rings (SSSR count). The molecule has 3 aromatic carbocycles. The van der Waals surface area contributed by atoms with Gasteiger partial charge in [-0.1, -0.05) is 66.2 Å². The smallest absolute Gasteiger partial charge is 0.780 e. The molecule has 0 unspecified atom stereocenters. The normalized spacial score (nSPS) is 11.0. The van der Waals surface area contributed by atoms with Gasteiger partial charge in [-0.15, -0.1) is 0 Å². The van der Waals surface area contributed by atoms with Crippen LogP contribution in [0.25, 0.3) is 28.0 Å². The van der Waals surface area contributed by atoms with Crippen molar-refractivity contribution >= 4 is 25.1 Å². The second kappa shape index (κ2) is 12.5. The molecule has 5 aromatic rings. The molecule has 0 fully saturated rings. The molecule has 8 nitrogen and oxygen atoms in total. The van der Waals surface area contributed by atoms with Gasteiger partial charge in [-0.05, 0) is 35.4 Å². The Morgan fingerprint density at radius 2 is 1.59 bits per heavy atom. The largest absolute Gasteiger partial charge is 1.00 e. The Morgan fingerprint density at radius 1 is 0.946 bits per heavy atom. The zero-order valence-corrected chi connectivity index (χ0v) is 25.7. The Morgan fingerprint density at radius 3 is 2.27 bits per heavy atom. The molecule has 2 heterocycles. The summed E-state index contributed by atoms with van der Waals surface area (Å²) >= 11 is 6.10. The van der Waals surface area contributed by atoms with E-state index in [2.05, 4.69) is 9.51 Å². The van der Waals surface area contributed by atoms with Crippen LogP contribution in [0, 0.1) is 0 Å². The van der Waals surface area contributed by atoms with E-state index in [9.17, 15) is 19.1 Å². The van der Waals surface area contributed by atoms with E-state index in [1.54, 1.807) is 24.3 Å². The molecule has 0 aliphatic rings. The van der Waals surface area contributed by atoms with Gasteiger partial charge in [-0.2, -0.15) is 5.10 Å². The Hall–Kier alpha value is -1.68. The number of phosphoric ester groups is 1. The Kier molecular flexibility index (Phi) is 10.1. The molecular weight excluding hydrogens is 535 g/mol. The second-order valence-corrected chi connectivity index (χ2v) is 9.32. The third-order valence-corrected chi connectivity index (χ3v) is 6.09. The maximum atomic E-state index is 12.7. The van der Waals surface area contributed by atoms with Crippen LogP contribution >= 0.6 is 19.4 Å². The number of benzene rings is 3. The molecule has 0 spiro atoms. The molecule has 0 saturated carbocycles. The van der Waals surface area contributed by atoms with Crippen LogP contribution in [-0.4, -0.2) is 14.6 Å². The van der Waals surface area contributed by atoms with E-state index < -0.39 is 13.4 Å². The van der Waals surface area contributed by atoms with Crippen LogP contribution in [0.15, 0.2) is 89.7 Å². The molecule has 1 N–H and O–H groups in total. The van der Waals surface area contributed by atoms with E-state index in [-0.39, 0.29) is 76.1 Å². The molecule has 2 aromatic heterocycles. The molecule has 176 valence electrons. The number of para-hydroxylation sites is 1. The predicted octanol–water partition coefficient (Wildman–Crippen LogP) is -2.18. The first kappa shape index (κ1) is 29.9. The van der Waals surface area contributed by atoms with Crippen molar-refractivity contribution < 1.29 is 78.0 Å². The average molecular weight is 552 g/mol. The van der Waals surface area contributed by atoms with Crippen LogP contribution < -0.4 is 79.0 Å². The monoisotopic (exact) mass is 551 g/mol. The summed E-state index contributed by atoms with van der Waals surface area (Å²) in [6.07, 6.45) is 0.469. The number of hydrogen-bond acceptors (Lipinski definition) is 6. The zero-order valence-electron chi connectivity index (χ0n) is 20.1. The van der Waals surface area contributed by atoms with Gasteiger partial charge < -0.3 is 23.9 Å². The number of hydrogen-bond donors (Lipinski definition) is 1. The molecule has 0 radical (unpaired) electrons. The second-order valence-electron chi connectivity index (χ2n) is 7.80. The average Bonchev–Trinajstić information content (AvgIpc) is 3.17. The van der Waals surface area contributed by atoms with Gasteiger partial charge >= 0.3 is 59.1 Å². The molecule has 0 aliphatic carbocycles. The molecule has 0 aliphatic heterocycles. The summed E-state index contributed by atoms with van der Waals surface area (Å²) in [4.78, 5) is 38.3. The number of halogens is 1. The van der Waals surface area contributed by atoms with Gasteiger partial charge in [-0.25, -0.2) is 4.52 Å². The van der Waals surface area contributed by atoms with Gasteiger partial charge in [0.25, 0.3) is 5.56 Å². The van der Waals surface area contributed by atoms with Crippen LogP contribution in [0.5, 0.6) is 5.75 Å². The first-order valence-corrected chi connectivity index (χ1v) is 12.4. The van der Waals surface area contributed by atoms with Gasteiger partial charge in [0.15, 0.2) is 0 Å². The Bertz CT molecular complexity index is 1640. The number of H-pyrrole nitrogens is 1. The minimum atomic E-state index is -5.34. The van der Waals surface area contributed by atoms with Gasteiger partial charge in [0, 0.05) is 28.6 Å². The van der Waals surface area contributed by atoms with Crippen LogP contribution in [0.1, 0.15) is 11.3 Å². The Labute approximate surface area is 261 Å². The topological polar surface area (TPSA) is 123 Å². The molecule has 12 heteroatoms. The van der Waals surface area contributed by atoms with E-state index in [1.165, 1.54) is 22.7 Å². The summed E-state index contributed by atoms with van der Waals surface area (Å²) in [6.45, 7) is 0. The molecule has 0 saturated heterocycles. The van der Waals surface area contributed by atoms with E-state index in [0.717, 1.165) is 11.1 Å². The standard InChI is InChI=1S/C25H19ClN3O5P.2Na/c26-18-12-10-17(11-13-18)24-20(14-16-6-2-1-3-7-16)28-29-21(15-23(30)27-25(24)29)19-8-4-5-9-22(19)34-35(31,32)33;;/h1-13,15H,14H2,(H,27,30)(H2,31,32,33);;/q;2*+1/p-2. The van der Waals surface area contributed by atoms with Crippen LogP contribution in [0.2, 0.25) is 5.02 Å². The van der Waals surface area contributed by atoms with E-state index in [0.29, 0.717) is 28.3 Å². The summed E-state index contributed by atoms with van der Waals surface area (Å²) in [7, 11) is -5.34. The number of aromatic amines is 1. The molecular formula is C25H17ClN3Na2O5P. The quantitative estimate of drug-likeness (QED) is 0.189. The predicted molar refractivity (Wildman–Crippen MR) is 129 cm³/mol. The van der Waals surface area contributed by atoms with Crippen molar-refractivity contribution in [2.75, 3.05) is 0 Å². The fourth-order valence-corrected chi connectivity index (χ4v) is 4.52. The molecule has 0 atom stereocenters. The summed E-state index contributed by atoms with van der Waals surface area (Å²) in [5.41, 5.74) is 3.64. The zero-order chi connectivity index (χ0) is 24.6. The van der Waals surface area contributed by atoms with Crippen molar-refractivity contribution in [3.8, 4) is 28.1 Å². The van der Waals surface area contributed by atoms with Crippen molar-refractivity contribution in [3.05, 3.63) is 112 Å². The van der Waals surface area contributed by atoms with Crippen molar-refractivity contribution in [2.24, 2.45) is 0 Å². The summed E-state index contributed by atoms with van der Waals surface area (Å²) in [5.74, 6) is -0.194. The minimum Gasteiger partial charge on any atom is -0.780 e. The number of nitrogens with one attached hydrogen (secondary N) is 1. The van der Waals surface area contributed by atoms with Gasteiger partial charge in [0.2, 0.25) is 0 Å². The van der Waals surface area contributed by atoms with E-state index in [1.807, 2.05) is 42.5 Å². The van der Waals surface area contributed by atoms with Crippen molar-refractivity contribution in [1.29, 1.82) is 0 Å². The minimum absolute atomic E-state index is 0. The number of fused-ring (bicyclic) bond motifs is 1. The Balaban J connectivity index is 0.00000190. The molecule has 0 amide bonds. The van der Waals surface area contributed by atoms with Crippen molar-refractivity contribution in [2.45, 2.75) is 6.42 Å². The van der Waals surface area contributed by atoms with Gasteiger partial charge in [0.1, 0.15) is 19.2 Å². The number of aromatic nitrogens is 3. The fraction of sp³-hybridized carbons (Fsp3) is 0.0400. The van der Waals surface area contributed by atoms with E-state index in [4.69, 9.17) is 16.7 Å². The maximum Gasteiger partial charge on any atom is 1.00 e. The van der Waals surface area contributed by atoms with Crippen LogP contribution in [0.4, 0.5) is 0 Å². The molecule has 0 bridgehead atoms. The summed E-state index contributed by atoms with van der Waals surface area (Å²) < 4.78 is 17.5. The van der Waals surface area contributed by atoms with Crippen molar-refractivity contribution in [3.63, 3.8) is 0 Å². The number of rotatable bonds is 6.